The molecule has 0 bridgehead atoms. The number of nitrogens with zero attached hydrogens (tertiary/aromatic N) is 2. The molecular formula is C15H23N3O2. The van der Waals surface area contributed by atoms with E-state index in [1.54, 1.807) is 12.3 Å². The molecule has 20 heavy (non-hydrogen) atoms. The highest BCUT2D eigenvalue weighted by molar-refractivity contribution is 5.89. The van der Waals surface area contributed by atoms with Crippen LogP contribution in [-0.2, 0) is 4.74 Å². The maximum Gasteiger partial charge on any atom is 0.339 e. The second kappa shape index (κ2) is 6.22. The van der Waals surface area contributed by atoms with Crippen LogP contribution in [0.15, 0.2) is 18.3 Å². The monoisotopic (exact) mass is 277 g/mol. The number of carbonyl (C=O) groups is 1. The Labute approximate surface area is 120 Å². The third-order valence-electron chi connectivity index (χ3n) is 4.07. The third kappa shape index (κ3) is 3.48. The molecule has 5 nitrogen and oxygen atoms in total. The SMILES string of the molecule is COC(=O)c1ccc(N(C)CCC2(C)CCNC2)nc1. The van der Waals surface area contributed by atoms with E-state index >= 15 is 0 Å². The van der Waals surface area contributed by atoms with Crippen LogP contribution in [0.1, 0.15) is 30.1 Å². The summed E-state index contributed by atoms with van der Waals surface area (Å²) in [5.41, 5.74) is 0.872. The van der Waals surface area contributed by atoms with E-state index in [-0.39, 0.29) is 5.97 Å². The Balaban J connectivity index is 1.92. The number of nitrogens with one attached hydrogen (secondary N) is 1. The molecule has 1 saturated heterocycles. The molecule has 1 N–H and O–H groups in total. The number of ether oxygens (including phenoxy) is 1. The van der Waals surface area contributed by atoms with E-state index in [9.17, 15) is 4.79 Å². The van der Waals surface area contributed by atoms with Crippen LogP contribution < -0.4 is 10.2 Å². The van der Waals surface area contributed by atoms with Crippen LogP contribution in [0.3, 0.4) is 0 Å². The summed E-state index contributed by atoms with van der Waals surface area (Å²) in [4.78, 5) is 17.8. The topological polar surface area (TPSA) is 54.5 Å². The number of aromatic nitrogens is 1. The molecule has 110 valence electrons. The van der Waals surface area contributed by atoms with Crippen LogP contribution in [0.25, 0.3) is 0 Å². The highest BCUT2D eigenvalue weighted by Crippen LogP contribution is 2.29. The van der Waals surface area contributed by atoms with Crippen LogP contribution >= 0.6 is 0 Å². The summed E-state index contributed by atoms with van der Waals surface area (Å²) in [6.45, 7) is 5.50. The number of methoxy groups -OCH3 is 1. The van der Waals surface area contributed by atoms with Gasteiger partial charge in [0.15, 0.2) is 0 Å². The minimum absolute atomic E-state index is 0.351. The van der Waals surface area contributed by atoms with E-state index in [1.165, 1.54) is 13.5 Å². The molecule has 0 spiro atoms. The number of anilines is 1. The summed E-state index contributed by atoms with van der Waals surface area (Å²) < 4.78 is 4.67. The zero-order chi connectivity index (χ0) is 14.6. The maximum atomic E-state index is 11.4. The van der Waals surface area contributed by atoms with Crippen molar-refractivity contribution in [1.29, 1.82) is 0 Å². The summed E-state index contributed by atoms with van der Waals surface area (Å²) >= 11 is 0. The Bertz CT molecular complexity index is 453. The first-order valence-electron chi connectivity index (χ1n) is 7.00. The second-order valence-electron chi connectivity index (χ2n) is 5.81. The molecule has 2 rings (SSSR count). The highest BCUT2D eigenvalue weighted by atomic mass is 16.5. The predicted octanol–water partition coefficient (Wildman–Crippen LogP) is 1.69. The van der Waals surface area contributed by atoms with Gasteiger partial charge in [-0.25, -0.2) is 9.78 Å². The van der Waals surface area contributed by atoms with E-state index in [0.29, 0.717) is 11.0 Å². The molecule has 1 unspecified atom stereocenters. The van der Waals surface area contributed by atoms with Gasteiger partial charge in [-0.1, -0.05) is 6.92 Å². The average molecular weight is 277 g/mol. The zero-order valence-corrected chi connectivity index (χ0v) is 12.5. The fourth-order valence-electron chi connectivity index (χ4n) is 2.48. The largest absolute Gasteiger partial charge is 0.465 e. The predicted molar refractivity (Wildman–Crippen MR) is 79.1 cm³/mol. The van der Waals surface area contributed by atoms with Crippen molar-refractivity contribution >= 4 is 11.8 Å². The van der Waals surface area contributed by atoms with Crippen molar-refractivity contribution in [2.45, 2.75) is 19.8 Å². The van der Waals surface area contributed by atoms with Gasteiger partial charge in [0.2, 0.25) is 0 Å². The van der Waals surface area contributed by atoms with Crippen LogP contribution in [0.2, 0.25) is 0 Å². The smallest absolute Gasteiger partial charge is 0.339 e. The number of hydrogen-bond acceptors (Lipinski definition) is 5. The Morgan fingerprint density at radius 1 is 1.55 bits per heavy atom. The van der Waals surface area contributed by atoms with Crippen molar-refractivity contribution in [3.63, 3.8) is 0 Å². The molecule has 0 saturated carbocycles. The maximum absolute atomic E-state index is 11.4. The number of rotatable bonds is 5. The molecule has 1 aliphatic rings. The van der Waals surface area contributed by atoms with Gasteiger partial charge in [0.1, 0.15) is 5.82 Å². The summed E-state index contributed by atoms with van der Waals surface area (Å²) in [5, 5.41) is 3.42. The average Bonchev–Trinajstić information content (AvgIpc) is 2.91. The van der Waals surface area contributed by atoms with Crippen LogP contribution in [0.5, 0.6) is 0 Å². The molecule has 1 fully saturated rings. The van der Waals surface area contributed by atoms with E-state index in [1.807, 2.05) is 13.1 Å². The van der Waals surface area contributed by atoms with Crippen molar-refractivity contribution in [2.75, 3.05) is 38.7 Å². The van der Waals surface area contributed by atoms with Gasteiger partial charge in [-0.2, -0.15) is 0 Å². The molecule has 1 atom stereocenters. The third-order valence-corrected chi connectivity index (χ3v) is 4.07. The normalized spacial score (nSPS) is 21.8. The van der Waals surface area contributed by atoms with Crippen molar-refractivity contribution in [3.8, 4) is 0 Å². The zero-order valence-electron chi connectivity index (χ0n) is 12.5. The van der Waals surface area contributed by atoms with Gasteiger partial charge in [0, 0.05) is 26.3 Å². The first-order chi connectivity index (χ1) is 9.54. The molecule has 1 aliphatic heterocycles. The summed E-state index contributed by atoms with van der Waals surface area (Å²) in [6.07, 6.45) is 3.93. The summed E-state index contributed by atoms with van der Waals surface area (Å²) in [7, 11) is 3.41. The quantitative estimate of drug-likeness (QED) is 0.830. The van der Waals surface area contributed by atoms with Crippen molar-refractivity contribution in [2.24, 2.45) is 5.41 Å². The first kappa shape index (κ1) is 14.8. The lowest BCUT2D eigenvalue weighted by molar-refractivity contribution is 0.0600. The first-order valence-corrected chi connectivity index (χ1v) is 7.00. The summed E-state index contributed by atoms with van der Waals surface area (Å²) in [5.74, 6) is 0.531. The highest BCUT2D eigenvalue weighted by Gasteiger charge is 2.28. The van der Waals surface area contributed by atoms with Crippen molar-refractivity contribution in [1.82, 2.24) is 10.3 Å². The molecular weight excluding hydrogens is 254 g/mol. The number of pyridine rings is 1. The molecule has 0 radical (unpaired) electrons. The molecule has 0 amide bonds. The molecule has 5 heteroatoms. The molecule has 0 aliphatic carbocycles. The Morgan fingerprint density at radius 2 is 2.35 bits per heavy atom. The Kier molecular flexibility index (Phi) is 4.60. The minimum Gasteiger partial charge on any atom is -0.465 e. The molecule has 1 aromatic rings. The van der Waals surface area contributed by atoms with E-state index in [0.717, 1.165) is 31.9 Å². The molecule has 0 aromatic carbocycles. The van der Waals surface area contributed by atoms with Gasteiger partial charge in [-0.3, -0.25) is 0 Å². The molecule has 1 aromatic heterocycles. The van der Waals surface area contributed by atoms with Gasteiger partial charge >= 0.3 is 5.97 Å². The minimum atomic E-state index is -0.351. The van der Waals surface area contributed by atoms with E-state index in [2.05, 4.69) is 26.9 Å². The second-order valence-corrected chi connectivity index (χ2v) is 5.81. The molecule has 2 heterocycles. The van der Waals surface area contributed by atoms with Crippen molar-refractivity contribution < 1.29 is 9.53 Å². The van der Waals surface area contributed by atoms with Crippen LogP contribution in [0, 0.1) is 5.41 Å². The van der Waals surface area contributed by atoms with Gasteiger partial charge in [0.05, 0.1) is 12.7 Å². The summed E-state index contributed by atoms with van der Waals surface area (Å²) in [6, 6.07) is 3.62. The lowest BCUT2D eigenvalue weighted by Gasteiger charge is -2.26. The fourth-order valence-corrected chi connectivity index (χ4v) is 2.48. The Morgan fingerprint density at radius 3 is 2.90 bits per heavy atom. The van der Waals surface area contributed by atoms with E-state index < -0.39 is 0 Å². The fraction of sp³-hybridized carbons (Fsp3) is 0.600. The van der Waals surface area contributed by atoms with Crippen molar-refractivity contribution in [3.05, 3.63) is 23.9 Å². The number of esters is 1. The van der Waals surface area contributed by atoms with Crippen LogP contribution in [-0.4, -0.2) is 44.7 Å². The van der Waals surface area contributed by atoms with Gasteiger partial charge in [0.25, 0.3) is 0 Å². The number of carbonyl (C=O) groups excluding carboxylic acids is 1. The lowest BCUT2D eigenvalue weighted by Crippen LogP contribution is -2.28. The Hall–Kier alpha value is -1.62. The van der Waals surface area contributed by atoms with Crippen LogP contribution in [0.4, 0.5) is 5.82 Å². The van der Waals surface area contributed by atoms with Gasteiger partial charge < -0.3 is 15.0 Å². The lowest BCUT2D eigenvalue weighted by atomic mass is 9.86. The number of hydrogen-bond donors (Lipinski definition) is 1. The van der Waals surface area contributed by atoms with E-state index in [4.69, 9.17) is 0 Å². The van der Waals surface area contributed by atoms with Gasteiger partial charge in [-0.05, 0) is 36.9 Å². The van der Waals surface area contributed by atoms with Gasteiger partial charge in [-0.15, -0.1) is 0 Å². The standard InChI is InChI=1S/C15H23N3O2/c1-15(6-8-16-11-15)7-9-18(2)13-5-4-12(10-17-13)14(19)20-3/h4-5,10,16H,6-9,11H2,1-3H3.